The van der Waals surface area contributed by atoms with Crippen molar-refractivity contribution in [2.75, 3.05) is 19.1 Å². The van der Waals surface area contributed by atoms with Gasteiger partial charge in [-0.25, -0.2) is 0 Å². The molecule has 0 saturated carbocycles. The smallest absolute Gasteiger partial charge is 0.238 e. The second-order valence-corrected chi connectivity index (χ2v) is 11.1. The largest absolute Gasteiger partial charge is 0.508 e. The molecule has 2 amide bonds. The minimum Gasteiger partial charge on any atom is -0.508 e. The molecule has 9 heteroatoms. The molecule has 1 saturated heterocycles. The molecule has 6 rings (SSSR count). The molecular formula is C33H29NO8. The van der Waals surface area contributed by atoms with Crippen LogP contribution in [0.15, 0.2) is 70.8 Å². The zero-order chi connectivity index (χ0) is 30.0. The van der Waals surface area contributed by atoms with Crippen molar-refractivity contribution in [1.82, 2.24) is 0 Å². The number of carbonyl (C=O) groups excluding carboxylic acids is 5. The van der Waals surface area contributed by atoms with Gasteiger partial charge < -0.3 is 14.6 Å². The van der Waals surface area contributed by atoms with Gasteiger partial charge in [-0.3, -0.25) is 28.9 Å². The molecule has 4 atom stereocenters. The Labute approximate surface area is 242 Å². The van der Waals surface area contributed by atoms with Crippen LogP contribution >= 0.6 is 0 Å². The lowest BCUT2D eigenvalue weighted by Gasteiger charge is -2.42. The van der Waals surface area contributed by atoms with Crippen LogP contribution in [-0.4, -0.2) is 48.5 Å². The quantitative estimate of drug-likeness (QED) is 0.246. The lowest BCUT2D eigenvalue weighted by molar-refractivity contribution is -0.123. The number of rotatable bonds is 5. The average molecular weight is 568 g/mol. The summed E-state index contributed by atoms with van der Waals surface area (Å²) in [5.74, 6) is -3.75. The van der Waals surface area contributed by atoms with E-state index in [9.17, 15) is 29.1 Å². The molecule has 0 unspecified atom stereocenters. The Morgan fingerprint density at radius 2 is 1.60 bits per heavy atom. The van der Waals surface area contributed by atoms with E-state index >= 15 is 0 Å². The van der Waals surface area contributed by atoms with Crippen molar-refractivity contribution in [3.05, 3.63) is 82.0 Å². The number of phenolic OH excluding ortho intramolecular Hbond substituents is 1. The van der Waals surface area contributed by atoms with E-state index in [1.54, 1.807) is 31.2 Å². The number of fused-ring (bicyclic) bond motifs is 3. The maximum atomic E-state index is 14.1. The average Bonchev–Trinajstić information content (AvgIpc) is 3.23. The van der Waals surface area contributed by atoms with Gasteiger partial charge in [-0.15, -0.1) is 0 Å². The predicted octanol–water partition coefficient (Wildman–Crippen LogP) is 4.25. The van der Waals surface area contributed by atoms with Gasteiger partial charge in [0.1, 0.15) is 17.2 Å². The van der Waals surface area contributed by atoms with Gasteiger partial charge in [0.25, 0.3) is 0 Å². The van der Waals surface area contributed by atoms with Gasteiger partial charge in [-0.2, -0.15) is 0 Å². The molecule has 2 aromatic rings. The van der Waals surface area contributed by atoms with Crippen LogP contribution in [0.4, 0.5) is 5.69 Å². The number of hydrogen-bond acceptors (Lipinski definition) is 8. The summed E-state index contributed by atoms with van der Waals surface area (Å²) >= 11 is 0. The molecule has 0 bridgehead atoms. The summed E-state index contributed by atoms with van der Waals surface area (Å²) in [4.78, 5) is 67.8. The first-order valence-corrected chi connectivity index (χ1v) is 13.7. The summed E-state index contributed by atoms with van der Waals surface area (Å²) in [6, 6.07) is 9.19. The minimum absolute atomic E-state index is 0.100. The highest BCUT2D eigenvalue weighted by atomic mass is 16.5. The molecule has 0 radical (unpaired) electrons. The Morgan fingerprint density at radius 1 is 0.952 bits per heavy atom. The number of anilines is 1. The fraction of sp³-hybridized carbons (Fsp3) is 0.303. The lowest BCUT2D eigenvalue weighted by atomic mass is 9.59. The Morgan fingerprint density at radius 3 is 2.19 bits per heavy atom. The van der Waals surface area contributed by atoms with Gasteiger partial charge >= 0.3 is 0 Å². The van der Waals surface area contributed by atoms with E-state index in [0.29, 0.717) is 33.5 Å². The summed E-state index contributed by atoms with van der Waals surface area (Å²) in [6.45, 7) is 3.03. The molecule has 1 heterocycles. The number of carbonyl (C=O) groups is 5. The van der Waals surface area contributed by atoms with Crippen LogP contribution in [0.5, 0.6) is 17.2 Å². The number of aromatic hydroxyl groups is 1. The fourth-order valence-electron chi connectivity index (χ4n) is 7.02. The van der Waals surface area contributed by atoms with Crippen LogP contribution in [0.2, 0.25) is 0 Å². The number of nitrogens with zero attached hydrogens (tertiary/aromatic N) is 1. The first-order valence-electron chi connectivity index (χ1n) is 13.7. The van der Waals surface area contributed by atoms with Gasteiger partial charge in [-0.05, 0) is 62.9 Å². The summed E-state index contributed by atoms with van der Waals surface area (Å²) in [5.41, 5.74) is 2.96. The van der Waals surface area contributed by atoms with Crippen molar-refractivity contribution in [2.45, 2.75) is 32.6 Å². The number of allylic oxidation sites excluding steroid dienone is 6. The van der Waals surface area contributed by atoms with Crippen molar-refractivity contribution in [2.24, 2.45) is 17.8 Å². The number of ether oxygens (including phenoxy) is 2. The maximum Gasteiger partial charge on any atom is 0.238 e. The van der Waals surface area contributed by atoms with Gasteiger partial charge in [0.15, 0.2) is 17.3 Å². The minimum atomic E-state index is -0.794. The zero-order valence-electron chi connectivity index (χ0n) is 23.6. The van der Waals surface area contributed by atoms with Crippen LogP contribution in [0, 0.1) is 17.8 Å². The molecule has 42 heavy (non-hydrogen) atoms. The Bertz CT molecular complexity index is 1670. The summed E-state index contributed by atoms with van der Waals surface area (Å²) in [5, 5.41) is 10.3. The Balaban J connectivity index is 1.51. The molecule has 1 N–H and O–H groups in total. The van der Waals surface area contributed by atoms with E-state index in [2.05, 4.69) is 0 Å². The van der Waals surface area contributed by atoms with E-state index in [0.717, 1.165) is 5.57 Å². The maximum absolute atomic E-state index is 14.1. The van der Waals surface area contributed by atoms with Crippen molar-refractivity contribution in [1.29, 1.82) is 0 Å². The van der Waals surface area contributed by atoms with Gasteiger partial charge in [0.2, 0.25) is 11.8 Å². The number of phenols is 1. The number of Topliss-reactive ketones (excluding diaryl/α,β-unsaturated/α-hetero) is 2. The number of benzene rings is 2. The zero-order valence-corrected chi connectivity index (χ0v) is 23.6. The molecule has 3 aliphatic carbocycles. The first kappa shape index (κ1) is 27.4. The highest BCUT2D eigenvalue weighted by Crippen LogP contribution is 2.58. The summed E-state index contributed by atoms with van der Waals surface area (Å²) in [7, 11) is 2.87. The SMILES string of the molecule is COc1cc(O)cc(OC)c1[C@H]1C2=CC[C@@H]3C(=O)N(c4ccc(C(C)=O)cc4)C(=O)[C@@H]3[C@@H]2CC2=C1C(=O)C=C(C)C2=O. The summed E-state index contributed by atoms with van der Waals surface area (Å²) in [6.07, 6.45) is 3.63. The summed E-state index contributed by atoms with van der Waals surface area (Å²) < 4.78 is 11.3. The molecule has 214 valence electrons. The molecule has 1 fully saturated rings. The third-order valence-electron chi connectivity index (χ3n) is 8.91. The molecule has 1 aliphatic heterocycles. The third-order valence-corrected chi connectivity index (χ3v) is 8.91. The standard InChI is InChI=1S/C33H29NO8/c1-15-11-24(37)28-23(31(15)38)14-22-20(29(28)30-25(41-3)12-19(36)13-26(30)42-4)9-10-21-27(22)33(40)34(32(21)39)18-7-5-17(6-8-18)16(2)35/h5-9,11-13,21-22,27,29,36H,10,14H2,1-4H3/t21-,22+,27-,29-/m0/s1. The first-order chi connectivity index (χ1) is 20.1. The van der Waals surface area contributed by atoms with E-state index in [-0.39, 0.29) is 59.3 Å². The number of ketones is 3. The molecule has 2 aromatic carbocycles. The van der Waals surface area contributed by atoms with Crippen molar-refractivity contribution in [3.63, 3.8) is 0 Å². The van der Waals surface area contributed by atoms with E-state index in [1.807, 2.05) is 6.08 Å². The highest BCUT2D eigenvalue weighted by molar-refractivity contribution is 6.25. The van der Waals surface area contributed by atoms with Crippen LogP contribution in [0.25, 0.3) is 0 Å². The van der Waals surface area contributed by atoms with Crippen molar-refractivity contribution in [3.8, 4) is 17.2 Å². The monoisotopic (exact) mass is 567 g/mol. The molecule has 9 nitrogen and oxygen atoms in total. The van der Waals surface area contributed by atoms with E-state index in [1.165, 1.54) is 44.3 Å². The van der Waals surface area contributed by atoms with Crippen LogP contribution in [-0.2, 0) is 19.2 Å². The lowest BCUT2D eigenvalue weighted by Crippen LogP contribution is -2.40. The molecule has 0 spiro atoms. The van der Waals surface area contributed by atoms with Crippen molar-refractivity contribution >= 4 is 34.9 Å². The predicted molar refractivity (Wildman–Crippen MR) is 151 cm³/mol. The van der Waals surface area contributed by atoms with Crippen LogP contribution in [0.1, 0.15) is 48.5 Å². The molecule has 4 aliphatic rings. The highest BCUT2D eigenvalue weighted by Gasteiger charge is 2.57. The fourth-order valence-corrected chi connectivity index (χ4v) is 7.02. The molecular weight excluding hydrogens is 538 g/mol. The number of hydrogen-bond donors (Lipinski definition) is 1. The Hall–Kier alpha value is -4.79. The van der Waals surface area contributed by atoms with Gasteiger partial charge in [0, 0.05) is 45.9 Å². The van der Waals surface area contributed by atoms with Gasteiger partial charge in [-0.1, -0.05) is 11.6 Å². The molecule has 0 aromatic heterocycles. The Kier molecular flexibility index (Phi) is 6.48. The van der Waals surface area contributed by atoms with E-state index < -0.39 is 23.7 Å². The number of methoxy groups -OCH3 is 2. The number of imide groups is 1. The van der Waals surface area contributed by atoms with Gasteiger partial charge in [0.05, 0.1) is 31.7 Å². The van der Waals surface area contributed by atoms with Crippen LogP contribution < -0.4 is 14.4 Å². The third kappa shape index (κ3) is 3.94. The van der Waals surface area contributed by atoms with E-state index in [4.69, 9.17) is 9.47 Å². The number of amides is 2. The topological polar surface area (TPSA) is 127 Å². The van der Waals surface area contributed by atoms with Crippen molar-refractivity contribution < 1.29 is 38.6 Å². The normalized spacial score (nSPS) is 25.0. The van der Waals surface area contributed by atoms with Crippen LogP contribution in [0.3, 0.4) is 0 Å². The second kappa shape index (κ2) is 9.94. The second-order valence-electron chi connectivity index (χ2n) is 11.1.